The molecule has 0 amide bonds. The van der Waals surface area contributed by atoms with Crippen molar-refractivity contribution in [1.82, 2.24) is 0 Å². The summed E-state index contributed by atoms with van der Waals surface area (Å²) in [5.41, 5.74) is 4.56. The SMILES string of the molecule is CC(C)(C)OC(=O)C(CN)OC(C)(C)C.Cl. The minimum Gasteiger partial charge on any atom is -0.458 e. The first-order valence-corrected chi connectivity index (χ1v) is 5.16. The van der Waals surface area contributed by atoms with E-state index in [4.69, 9.17) is 15.2 Å². The average molecular weight is 254 g/mol. The van der Waals surface area contributed by atoms with Crippen LogP contribution in [0.4, 0.5) is 0 Å². The van der Waals surface area contributed by atoms with Crippen molar-refractivity contribution in [3.63, 3.8) is 0 Å². The summed E-state index contributed by atoms with van der Waals surface area (Å²) in [5, 5.41) is 0. The smallest absolute Gasteiger partial charge is 0.337 e. The molecule has 98 valence electrons. The van der Waals surface area contributed by atoms with Gasteiger partial charge >= 0.3 is 5.97 Å². The number of carbonyl (C=O) groups excluding carboxylic acids is 1. The summed E-state index contributed by atoms with van der Waals surface area (Å²) < 4.78 is 10.7. The van der Waals surface area contributed by atoms with Gasteiger partial charge in [0.1, 0.15) is 5.60 Å². The average Bonchev–Trinajstić information content (AvgIpc) is 1.94. The third-order valence-electron chi connectivity index (χ3n) is 1.38. The Hall–Kier alpha value is -0.320. The second-order valence-electron chi connectivity index (χ2n) is 5.49. The van der Waals surface area contributed by atoms with Crippen molar-refractivity contribution in [2.75, 3.05) is 6.54 Å². The van der Waals surface area contributed by atoms with E-state index >= 15 is 0 Å². The minimum atomic E-state index is -0.691. The van der Waals surface area contributed by atoms with Crippen molar-refractivity contribution >= 4 is 18.4 Å². The van der Waals surface area contributed by atoms with Crippen LogP contribution < -0.4 is 5.73 Å². The molecule has 0 aromatic carbocycles. The maximum atomic E-state index is 11.6. The second kappa shape index (κ2) is 6.42. The van der Waals surface area contributed by atoms with Crippen LogP contribution in [-0.4, -0.2) is 29.8 Å². The zero-order chi connectivity index (χ0) is 12.3. The van der Waals surface area contributed by atoms with Crippen molar-refractivity contribution < 1.29 is 14.3 Å². The van der Waals surface area contributed by atoms with Gasteiger partial charge < -0.3 is 15.2 Å². The van der Waals surface area contributed by atoms with Gasteiger partial charge in [-0.15, -0.1) is 12.4 Å². The van der Waals surface area contributed by atoms with E-state index in [-0.39, 0.29) is 19.0 Å². The molecule has 2 N–H and O–H groups in total. The molecule has 0 aromatic rings. The molecule has 1 unspecified atom stereocenters. The standard InChI is InChI=1S/C11H23NO3.ClH/c1-10(2,3)14-8(7-12)9(13)15-11(4,5)6;/h8H,7,12H2,1-6H3;1H. The molecule has 16 heavy (non-hydrogen) atoms. The molecule has 0 saturated heterocycles. The van der Waals surface area contributed by atoms with Crippen LogP contribution in [0.3, 0.4) is 0 Å². The van der Waals surface area contributed by atoms with Crippen LogP contribution in [0.15, 0.2) is 0 Å². The molecule has 0 fully saturated rings. The van der Waals surface area contributed by atoms with Gasteiger partial charge in [-0.05, 0) is 41.5 Å². The quantitative estimate of drug-likeness (QED) is 0.781. The Morgan fingerprint density at radius 1 is 1.12 bits per heavy atom. The maximum absolute atomic E-state index is 11.6. The molecule has 0 radical (unpaired) electrons. The minimum absolute atomic E-state index is 0. The Morgan fingerprint density at radius 2 is 1.56 bits per heavy atom. The summed E-state index contributed by atoms with van der Waals surface area (Å²) in [6, 6.07) is 0. The predicted molar refractivity (Wildman–Crippen MR) is 66.8 cm³/mol. The monoisotopic (exact) mass is 253 g/mol. The number of hydrogen-bond donors (Lipinski definition) is 1. The highest BCUT2D eigenvalue weighted by molar-refractivity contribution is 5.85. The molecular formula is C11H24ClNO3. The second-order valence-corrected chi connectivity index (χ2v) is 5.49. The third kappa shape index (κ3) is 8.95. The van der Waals surface area contributed by atoms with Gasteiger partial charge in [0.25, 0.3) is 0 Å². The summed E-state index contributed by atoms with van der Waals surface area (Å²) in [6.07, 6.45) is -0.691. The van der Waals surface area contributed by atoms with Gasteiger partial charge in [0.05, 0.1) is 5.60 Å². The van der Waals surface area contributed by atoms with Crippen LogP contribution in [0.1, 0.15) is 41.5 Å². The fourth-order valence-corrected chi connectivity index (χ4v) is 0.987. The Labute approximate surface area is 104 Å². The third-order valence-corrected chi connectivity index (χ3v) is 1.38. The van der Waals surface area contributed by atoms with Gasteiger partial charge in [-0.3, -0.25) is 0 Å². The van der Waals surface area contributed by atoms with E-state index < -0.39 is 23.3 Å². The molecule has 5 heteroatoms. The van der Waals surface area contributed by atoms with Crippen LogP contribution in [0.5, 0.6) is 0 Å². The van der Waals surface area contributed by atoms with E-state index in [9.17, 15) is 4.79 Å². The number of rotatable bonds is 3. The van der Waals surface area contributed by atoms with Crippen molar-refractivity contribution in [3.8, 4) is 0 Å². The van der Waals surface area contributed by atoms with E-state index in [0.29, 0.717) is 0 Å². The Bertz CT molecular complexity index is 218. The number of nitrogens with two attached hydrogens (primary N) is 1. The summed E-state index contributed by atoms with van der Waals surface area (Å²) in [7, 11) is 0. The highest BCUT2D eigenvalue weighted by Crippen LogP contribution is 2.14. The number of halogens is 1. The lowest BCUT2D eigenvalue weighted by atomic mass is 10.1. The fraction of sp³-hybridized carbons (Fsp3) is 0.909. The van der Waals surface area contributed by atoms with Crippen LogP contribution >= 0.6 is 12.4 Å². The molecule has 0 rings (SSSR count). The fourth-order valence-electron chi connectivity index (χ4n) is 0.987. The lowest BCUT2D eigenvalue weighted by molar-refractivity contribution is -0.176. The first-order chi connectivity index (χ1) is 6.55. The lowest BCUT2D eigenvalue weighted by Crippen LogP contribution is -2.42. The number of carbonyl (C=O) groups is 1. The van der Waals surface area contributed by atoms with E-state index in [2.05, 4.69) is 0 Å². The summed E-state index contributed by atoms with van der Waals surface area (Å²) in [6.45, 7) is 11.2. The van der Waals surface area contributed by atoms with Crippen LogP contribution in [0, 0.1) is 0 Å². The van der Waals surface area contributed by atoms with Crippen LogP contribution in [-0.2, 0) is 14.3 Å². The molecule has 0 aliphatic rings. The van der Waals surface area contributed by atoms with Gasteiger partial charge in [0, 0.05) is 6.54 Å². The molecular weight excluding hydrogens is 230 g/mol. The van der Waals surface area contributed by atoms with E-state index in [1.54, 1.807) is 0 Å². The Balaban J connectivity index is 0. The molecule has 0 spiro atoms. The topological polar surface area (TPSA) is 61.5 Å². The van der Waals surface area contributed by atoms with Crippen molar-refractivity contribution in [2.45, 2.75) is 58.8 Å². The first kappa shape index (κ1) is 18.1. The van der Waals surface area contributed by atoms with E-state index in [1.807, 2.05) is 41.5 Å². The van der Waals surface area contributed by atoms with Gasteiger partial charge in [0.2, 0.25) is 0 Å². The summed E-state index contributed by atoms with van der Waals surface area (Å²) in [5.74, 6) is -0.403. The molecule has 4 nitrogen and oxygen atoms in total. The maximum Gasteiger partial charge on any atom is 0.337 e. The zero-order valence-electron chi connectivity index (χ0n) is 11.0. The van der Waals surface area contributed by atoms with Gasteiger partial charge in [-0.1, -0.05) is 0 Å². The van der Waals surface area contributed by atoms with E-state index in [1.165, 1.54) is 0 Å². The molecule has 0 aliphatic carbocycles. The van der Waals surface area contributed by atoms with E-state index in [0.717, 1.165) is 0 Å². The van der Waals surface area contributed by atoms with Crippen LogP contribution in [0.2, 0.25) is 0 Å². The van der Waals surface area contributed by atoms with Gasteiger partial charge in [0.15, 0.2) is 6.10 Å². The first-order valence-electron chi connectivity index (χ1n) is 5.16. The van der Waals surface area contributed by atoms with Crippen LogP contribution in [0.25, 0.3) is 0 Å². The highest BCUT2D eigenvalue weighted by atomic mass is 35.5. The summed E-state index contributed by atoms with van der Waals surface area (Å²) in [4.78, 5) is 11.6. The molecule has 0 aliphatic heterocycles. The number of esters is 1. The Morgan fingerprint density at radius 3 is 1.81 bits per heavy atom. The largest absolute Gasteiger partial charge is 0.458 e. The van der Waals surface area contributed by atoms with Crippen molar-refractivity contribution in [1.29, 1.82) is 0 Å². The van der Waals surface area contributed by atoms with Gasteiger partial charge in [-0.25, -0.2) is 4.79 Å². The molecule has 0 aromatic heterocycles. The van der Waals surface area contributed by atoms with Crippen molar-refractivity contribution in [3.05, 3.63) is 0 Å². The zero-order valence-corrected chi connectivity index (χ0v) is 11.8. The molecule has 0 saturated carbocycles. The van der Waals surface area contributed by atoms with Gasteiger partial charge in [-0.2, -0.15) is 0 Å². The summed E-state index contributed by atoms with van der Waals surface area (Å²) >= 11 is 0. The Kier molecular flexibility index (Phi) is 7.25. The number of hydrogen-bond acceptors (Lipinski definition) is 4. The highest BCUT2D eigenvalue weighted by Gasteiger charge is 2.28. The lowest BCUT2D eigenvalue weighted by Gasteiger charge is -2.28. The van der Waals surface area contributed by atoms with Crippen molar-refractivity contribution in [2.24, 2.45) is 5.73 Å². The molecule has 1 atom stereocenters. The predicted octanol–water partition coefficient (Wildman–Crippen LogP) is 1.89. The molecule has 0 bridgehead atoms. The number of ether oxygens (including phenoxy) is 2. The normalized spacial score (nSPS) is 13.9. The molecule has 0 heterocycles.